The zero-order valence-electron chi connectivity index (χ0n) is 13.3. The molecule has 2 amide bonds. The molecule has 2 atom stereocenters. The minimum atomic E-state index is -0.970. The maximum atomic E-state index is 12.4. The van der Waals surface area contributed by atoms with E-state index in [0.717, 1.165) is 25.7 Å². The van der Waals surface area contributed by atoms with Gasteiger partial charge in [0.1, 0.15) is 6.04 Å². The Bertz CT molecular complexity index is 345. The van der Waals surface area contributed by atoms with E-state index in [9.17, 15) is 14.7 Å². The summed E-state index contributed by atoms with van der Waals surface area (Å²) in [6.07, 6.45) is 4.43. The van der Waals surface area contributed by atoms with Gasteiger partial charge in [0.25, 0.3) is 0 Å². The molecule has 1 fully saturated rings. The van der Waals surface area contributed by atoms with Gasteiger partial charge < -0.3 is 20.1 Å². The lowest BCUT2D eigenvalue weighted by Gasteiger charge is -2.30. The molecule has 1 aliphatic carbocycles. The number of nitrogens with one attached hydrogen (secondary N) is 1. The summed E-state index contributed by atoms with van der Waals surface area (Å²) in [4.78, 5) is 25.3. The van der Waals surface area contributed by atoms with Gasteiger partial charge in [-0.3, -0.25) is 0 Å². The number of nitrogens with zero attached hydrogens (tertiary/aromatic N) is 1. The van der Waals surface area contributed by atoms with Crippen LogP contribution < -0.4 is 5.32 Å². The highest BCUT2D eigenvalue weighted by Crippen LogP contribution is 2.35. The molecule has 1 unspecified atom stereocenters. The van der Waals surface area contributed by atoms with Crippen LogP contribution in [0.4, 0.5) is 4.79 Å². The zero-order chi connectivity index (χ0) is 15.8. The Morgan fingerprint density at radius 3 is 2.57 bits per heavy atom. The first-order valence-electron chi connectivity index (χ1n) is 7.80. The van der Waals surface area contributed by atoms with Crippen LogP contribution in [-0.2, 0) is 9.53 Å². The molecular formula is C15H28N2O4. The Morgan fingerprint density at radius 2 is 2.10 bits per heavy atom. The SMILES string of the molecule is CCCC[C@H](NC(=O)N(CCOC)C(C)C1CC1)C(=O)O. The van der Waals surface area contributed by atoms with Crippen LogP contribution in [0.2, 0.25) is 0 Å². The summed E-state index contributed by atoms with van der Waals surface area (Å²) in [5, 5.41) is 11.9. The second-order valence-electron chi connectivity index (χ2n) is 5.75. The van der Waals surface area contributed by atoms with Gasteiger partial charge >= 0.3 is 12.0 Å². The van der Waals surface area contributed by atoms with E-state index in [1.807, 2.05) is 13.8 Å². The summed E-state index contributed by atoms with van der Waals surface area (Å²) < 4.78 is 5.05. The number of carboxylic acid groups (broad SMARTS) is 1. The van der Waals surface area contributed by atoms with Gasteiger partial charge in [-0.1, -0.05) is 19.8 Å². The fourth-order valence-electron chi connectivity index (χ4n) is 2.41. The van der Waals surface area contributed by atoms with Crippen LogP contribution in [0.1, 0.15) is 46.0 Å². The van der Waals surface area contributed by atoms with Gasteiger partial charge in [-0.25, -0.2) is 9.59 Å². The number of ether oxygens (including phenoxy) is 1. The van der Waals surface area contributed by atoms with E-state index in [-0.39, 0.29) is 12.1 Å². The van der Waals surface area contributed by atoms with Gasteiger partial charge in [0.15, 0.2) is 0 Å². The standard InChI is InChI=1S/C15H28N2O4/c1-4-5-6-13(14(18)19)16-15(20)17(9-10-21-3)11(2)12-7-8-12/h11-13H,4-10H2,1-3H3,(H,16,20)(H,18,19)/t11?,13-/m0/s1. The first-order chi connectivity index (χ1) is 10.0. The summed E-state index contributed by atoms with van der Waals surface area (Å²) in [6, 6.07) is -0.982. The topological polar surface area (TPSA) is 78.9 Å². The molecule has 0 spiro atoms. The normalized spacial score (nSPS) is 17.1. The van der Waals surface area contributed by atoms with Crippen molar-refractivity contribution >= 4 is 12.0 Å². The lowest BCUT2D eigenvalue weighted by Crippen LogP contribution is -2.52. The van der Waals surface area contributed by atoms with Crippen LogP contribution in [0.25, 0.3) is 0 Å². The monoisotopic (exact) mass is 300 g/mol. The molecule has 21 heavy (non-hydrogen) atoms. The molecule has 6 heteroatoms. The number of aliphatic carboxylic acids is 1. The highest BCUT2D eigenvalue weighted by Gasteiger charge is 2.35. The van der Waals surface area contributed by atoms with E-state index < -0.39 is 12.0 Å². The smallest absolute Gasteiger partial charge is 0.326 e. The van der Waals surface area contributed by atoms with Crippen molar-refractivity contribution in [2.45, 2.75) is 58.0 Å². The Morgan fingerprint density at radius 1 is 1.43 bits per heavy atom. The number of rotatable bonds is 10. The summed E-state index contributed by atoms with van der Waals surface area (Å²) >= 11 is 0. The number of urea groups is 1. The van der Waals surface area contributed by atoms with Gasteiger partial charge in [0.2, 0.25) is 0 Å². The molecule has 1 rings (SSSR count). The molecule has 1 saturated carbocycles. The van der Waals surface area contributed by atoms with Crippen LogP contribution in [-0.4, -0.2) is 54.4 Å². The van der Waals surface area contributed by atoms with Crippen LogP contribution in [0.3, 0.4) is 0 Å². The zero-order valence-corrected chi connectivity index (χ0v) is 13.3. The number of amides is 2. The third-order valence-electron chi connectivity index (χ3n) is 4.04. The van der Waals surface area contributed by atoms with Crippen LogP contribution in [0.15, 0.2) is 0 Å². The maximum Gasteiger partial charge on any atom is 0.326 e. The van der Waals surface area contributed by atoms with E-state index >= 15 is 0 Å². The molecule has 0 aromatic carbocycles. The average molecular weight is 300 g/mol. The fourth-order valence-corrected chi connectivity index (χ4v) is 2.41. The summed E-state index contributed by atoms with van der Waals surface area (Å²) in [7, 11) is 1.60. The van der Waals surface area contributed by atoms with E-state index in [1.165, 1.54) is 0 Å². The number of unbranched alkanes of at least 4 members (excludes halogenated alkanes) is 1. The largest absolute Gasteiger partial charge is 0.480 e. The highest BCUT2D eigenvalue weighted by molar-refractivity contribution is 5.82. The second kappa shape index (κ2) is 8.87. The molecular weight excluding hydrogens is 272 g/mol. The second-order valence-corrected chi connectivity index (χ2v) is 5.75. The fraction of sp³-hybridized carbons (Fsp3) is 0.867. The molecule has 0 bridgehead atoms. The lowest BCUT2D eigenvalue weighted by molar-refractivity contribution is -0.139. The molecule has 0 aliphatic heterocycles. The van der Waals surface area contributed by atoms with Gasteiger partial charge in [-0.15, -0.1) is 0 Å². The van der Waals surface area contributed by atoms with Crippen molar-refractivity contribution < 1.29 is 19.4 Å². The van der Waals surface area contributed by atoms with Crippen molar-refractivity contribution in [2.75, 3.05) is 20.3 Å². The van der Waals surface area contributed by atoms with Crippen molar-refractivity contribution in [1.82, 2.24) is 10.2 Å². The first-order valence-corrected chi connectivity index (χ1v) is 7.80. The predicted octanol–water partition coefficient (Wildman–Crippen LogP) is 2.09. The Hall–Kier alpha value is -1.30. The van der Waals surface area contributed by atoms with Gasteiger partial charge in [0.05, 0.1) is 6.61 Å². The van der Waals surface area contributed by atoms with Gasteiger partial charge in [-0.2, -0.15) is 0 Å². The minimum Gasteiger partial charge on any atom is -0.480 e. The molecule has 6 nitrogen and oxygen atoms in total. The molecule has 0 radical (unpaired) electrons. The number of carboxylic acids is 1. The van der Waals surface area contributed by atoms with E-state index in [1.54, 1.807) is 12.0 Å². The first kappa shape index (κ1) is 17.8. The molecule has 2 N–H and O–H groups in total. The third-order valence-corrected chi connectivity index (χ3v) is 4.04. The Labute approximate surface area is 126 Å². The summed E-state index contributed by atoms with van der Waals surface area (Å²) in [5.74, 6) is -0.436. The average Bonchev–Trinajstić information content (AvgIpc) is 3.27. The number of carbonyl (C=O) groups is 2. The third kappa shape index (κ3) is 5.91. The molecule has 0 aromatic heterocycles. The van der Waals surface area contributed by atoms with E-state index in [2.05, 4.69) is 5.32 Å². The highest BCUT2D eigenvalue weighted by atomic mass is 16.5. The predicted molar refractivity (Wildman–Crippen MR) is 80.2 cm³/mol. The summed E-state index contributed by atoms with van der Waals surface area (Å²) in [6.45, 7) is 4.97. The van der Waals surface area contributed by atoms with Gasteiger partial charge in [0, 0.05) is 19.7 Å². The van der Waals surface area contributed by atoms with Crippen molar-refractivity contribution in [3.05, 3.63) is 0 Å². The Kier molecular flexibility index (Phi) is 7.50. The van der Waals surface area contributed by atoms with Crippen molar-refractivity contribution in [2.24, 2.45) is 5.92 Å². The van der Waals surface area contributed by atoms with Crippen LogP contribution >= 0.6 is 0 Å². The molecule has 1 aliphatic rings. The molecule has 122 valence electrons. The van der Waals surface area contributed by atoms with Crippen molar-refractivity contribution in [3.63, 3.8) is 0 Å². The number of carbonyl (C=O) groups excluding carboxylic acids is 1. The summed E-state index contributed by atoms with van der Waals surface area (Å²) in [5.41, 5.74) is 0. The maximum absolute atomic E-state index is 12.4. The minimum absolute atomic E-state index is 0.126. The van der Waals surface area contributed by atoms with Crippen LogP contribution in [0.5, 0.6) is 0 Å². The Balaban J connectivity index is 2.61. The quantitative estimate of drug-likeness (QED) is 0.647. The molecule has 0 saturated heterocycles. The van der Waals surface area contributed by atoms with E-state index in [4.69, 9.17) is 4.74 Å². The van der Waals surface area contributed by atoms with Crippen LogP contribution in [0, 0.1) is 5.92 Å². The van der Waals surface area contributed by atoms with Crippen molar-refractivity contribution in [3.8, 4) is 0 Å². The van der Waals surface area contributed by atoms with Crippen molar-refractivity contribution in [1.29, 1.82) is 0 Å². The lowest BCUT2D eigenvalue weighted by atomic mass is 10.1. The number of hydrogen-bond donors (Lipinski definition) is 2. The van der Waals surface area contributed by atoms with Gasteiger partial charge in [-0.05, 0) is 32.1 Å². The molecule has 0 heterocycles. The van der Waals surface area contributed by atoms with E-state index in [0.29, 0.717) is 25.5 Å². The molecule has 0 aromatic rings. The number of methoxy groups -OCH3 is 1. The number of hydrogen-bond acceptors (Lipinski definition) is 3.